The normalized spacial score (nSPS) is 11.5. The van der Waals surface area contributed by atoms with Crippen LogP contribution in [0.1, 0.15) is 37.9 Å². The van der Waals surface area contributed by atoms with Crippen molar-refractivity contribution in [2.45, 2.75) is 56.1 Å². The molecule has 2 heterocycles. The van der Waals surface area contributed by atoms with E-state index in [1.165, 1.54) is 17.1 Å². The number of nitrogens with zero attached hydrogens (tertiary/aromatic N) is 4. The molecule has 0 fully saturated rings. The third-order valence-electron chi connectivity index (χ3n) is 2.93. The fraction of sp³-hybridized carbons (Fsp3) is 0.615. The van der Waals surface area contributed by atoms with Gasteiger partial charge in [0.1, 0.15) is 10.9 Å². The summed E-state index contributed by atoms with van der Waals surface area (Å²) in [4.78, 5) is 4.52. The number of aromatic nitrogens is 4. The maximum atomic E-state index is 4.52. The van der Waals surface area contributed by atoms with Crippen molar-refractivity contribution in [2.24, 2.45) is 7.05 Å². The summed E-state index contributed by atoms with van der Waals surface area (Å²) in [5.74, 6) is 0.915. The molecule has 0 aliphatic carbocycles. The van der Waals surface area contributed by atoms with E-state index in [2.05, 4.69) is 47.5 Å². The molecule has 2 aromatic rings. The third kappa shape index (κ3) is 3.59. The topological polar surface area (TPSA) is 55.6 Å². The van der Waals surface area contributed by atoms with Crippen LogP contribution in [0.5, 0.6) is 0 Å². The standard InChI is InChI=1S/C13H21N5S2/c1-6-11-15-13(20-17-11)19-12-10(7-14-8(2)3)9(4)16-18(12)5/h8,14H,6-7H2,1-5H3. The highest BCUT2D eigenvalue weighted by Crippen LogP contribution is 2.32. The molecule has 0 amide bonds. The molecule has 0 saturated heterocycles. The Labute approximate surface area is 128 Å². The van der Waals surface area contributed by atoms with Crippen molar-refractivity contribution < 1.29 is 0 Å². The summed E-state index contributed by atoms with van der Waals surface area (Å²) in [6, 6.07) is 0.459. The smallest absolute Gasteiger partial charge is 0.176 e. The zero-order chi connectivity index (χ0) is 14.7. The van der Waals surface area contributed by atoms with Crippen LogP contribution in [0, 0.1) is 6.92 Å². The van der Waals surface area contributed by atoms with Crippen LogP contribution in [-0.4, -0.2) is 25.2 Å². The minimum absolute atomic E-state index is 0.459. The van der Waals surface area contributed by atoms with Gasteiger partial charge >= 0.3 is 0 Å². The average Bonchev–Trinajstić information content (AvgIpc) is 2.94. The Kier molecular flexibility index (Phi) is 5.17. The van der Waals surface area contributed by atoms with E-state index in [-0.39, 0.29) is 0 Å². The van der Waals surface area contributed by atoms with Gasteiger partial charge in [-0.3, -0.25) is 4.68 Å². The monoisotopic (exact) mass is 311 g/mol. The van der Waals surface area contributed by atoms with Gasteiger partial charge in [0.05, 0.1) is 5.69 Å². The summed E-state index contributed by atoms with van der Waals surface area (Å²) in [6.07, 6.45) is 0.878. The van der Waals surface area contributed by atoms with Gasteiger partial charge in [0.2, 0.25) is 0 Å². The second kappa shape index (κ2) is 6.69. The quantitative estimate of drug-likeness (QED) is 0.889. The summed E-state index contributed by atoms with van der Waals surface area (Å²) in [7, 11) is 1.98. The SMILES string of the molecule is CCc1nsc(Sc2c(CNC(C)C)c(C)nn2C)n1. The molecule has 0 atom stereocenters. The van der Waals surface area contributed by atoms with E-state index in [4.69, 9.17) is 0 Å². The first-order valence-electron chi connectivity index (χ1n) is 6.77. The van der Waals surface area contributed by atoms with Crippen LogP contribution in [0.15, 0.2) is 9.37 Å². The third-order valence-corrected chi connectivity index (χ3v) is 4.92. The van der Waals surface area contributed by atoms with Crippen LogP contribution in [0.2, 0.25) is 0 Å². The van der Waals surface area contributed by atoms with Crippen molar-refractivity contribution in [3.05, 3.63) is 17.1 Å². The molecule has 0 aliphatic heterocycles. The Morgan fingerprint density at radius 1 is 1.40 bits per heavy atom. The van der Waals surface area contributed by atoms with Crippen molar-refractivity contribution in [3.63, 3.8) is 0 Å². The molecule has 110 valence electrons. The summed E-state index contributed by atoms with van der Waals surface area (Å²) in [5, 5.41) is 9.13. The maximum absolute atomic E-state index is 4.52. The molecule has 7 heteroatoms. The van der Waals surface area contributed by atoms with Crippen molar-refractivity contribution >= 4 is 23.3 Å². The molecule has 0 radical (unpaired) electrons. The van der Waals surface area contributed by atoms with E-state index in [1.54, 1.807) is 11.8 Å². The van der Waals surface area contributed by atoms with Crippen LogP contribution in [0.25, 0.3) is 0 Å². The van der Waals surface area contributed by atoms with E-state index in [9.17, 15) is 0 Å². The second-order valence-electron chi connectivity index (χ2n) is 4.96. The Morgan fingerprint density at radius 3 is 2.75 bits per heavy atom. The van der Waals surface area contributed by atoms with Gasteiger partial charge in [0.15, 0.2) is 4.34 Å². The van der Waals surface area contributed by atoms with E-state index < -0.39 is 0 Å². The highest BCUT2D eigenvalue weighted by atomic mass is 32.2. The Bertz CT molecular complexity index is 573. The molecule has 2 rings (SSSR count). The minimum atomic E-state index is 0.459. The minimum Gasteiger partial charge on any atom is -0.310 e. The highest BCUT2D eigenvalue weighted by molar-refractivity contribution is 8.00. The predicted molar refractivity (Wildman–Crippen MR) is 83.3 cm³/mol. The number of hydrogen-bond acceptors (Lipinski definition) is 6. The zero-order valence-corrected chi connectivity index (χ0v) is 14.2. The van der Waals surface area contributed by atoms with Gasteiger partial charge in [-0.25, -0.2) is 4.98 Å². The molecule has 1 N–H and O–H groups in total. The number of nitrogens with one attached hydrogen (secondary N) is 1. The first-order valence-corrected chi connectivity index (χ1v) is 8.36. The Balaban J connectivity index is 2.21. The fourth-order valence-corrected chi connectivity index (χ4v) is 3.65. The van der Waals surface area contributed by atoms with Gasteiger partial charge in [0, 0.05) is 31.6 Å². The van der Waals surface area contributed by atoms with Crippen molar-refractivity contribution in [1.82, 2.24) is 24.5 Å². The largest absolute Gasteiger partial charge is 0.310 e. The van der Waals surface area contributed by atoms with Gasteiger partial charge in [-0.15, -0.1) is 0 Å². The van der Waals surface area contributed by atoms with E-state index in [0.29, 0.717) is 6.04 Å². The molecule has 0 aromatic carbocycles. The van der Waals surface area contributed by atoms with Crippen LogP contribution >= 0.6 is 23.3 Å². The summed E-state index contributed by atoms with van der Waals surface area (Å²) in [6.45, 7) is 9.26. The van der Waals surface area contributed by atoms with E-state index >= 15 is 0 Å². The first kappa shape index (κ1) is 15.5. The van der Waals surface area contributed by atoms with Gasteiger partial charge in [-0.05, 0) is 30.2 Å². The molecule has 2 aromatic heterocycles. The van der Waals surface area contributed by atoms with Gasteiger partial charge in [-0.2, -0.15) is 9.47 Å². The Morgan fingerprint density at radius 2 is 2.15 bits per heavy atom. The van der Waals surface area contributed by atoms with Crippen LogP contribution in [0.3, 0.4) is 0 Å². The molecular weight excluding hydrogens is 290 g/mol. The Hall–Kier alpha value is -0.920. The molecule has 0 bridgehead atoms. The summed E-state index contributed by atoms with van der Waals surface area (Å²) < 4.78 is 7.25. The van der Waals surface area contributed by atoms with Gasteiger partial charge in [-0.1, -0.05) is 20.8 Å². The fourth-order valence-electron chi connectivity index (χ4n) is 1.82. The molecule has 5 nitrogen and oxygen atoms in total. The van der Waals surface area contributed by atoms with Crippen molar-refractivity contribution in [3.8, 4) is 0 Å². The molecule has 0 unspecified atom stereocenters. The van der Waals surface area contributed by atoms with Gasteiger partial charge < -0.3 is 5.32 Å². The number of hydrogen-bond donors (Lipinski definition) is 1. The number of rotatable bonds is 6. The number of aryl methyl sites for hydroxylation is 3. The summed E-state index contributed by atoms with van der Waals surface area (Å²) >= 11 is 3.12. The zero-order valence-electron chi connectivity index (χ0n) is 12.6. The van der Waals surface area contributed by atoms with E-state index in [0.717, 1.165) is 33.8 Å². The molecule has 20 heavy (non-hydrogen) atoms. The summed E-state index contributed by atoms with van der Waals surface area (Å²) in [5.41, 5.74) is 2.32. The van der Waals surface area contributed by atoms with Crippen LogP contribution < -0.4 is 5.32 Å². The van der Waals surface area contributed by atoms with Crippen molar-refractivity contribution in [2.75, 3.05) is 0 Å². The first-order chi connectivity index (χ1) is 9.51. The molecule has 0 saturated carbocycles. The molecule has 0 aliphatic rings. The van der Waals surface area contributed by atoms with Crippen molar-refractivity contribution in [1.29, 1.82) is 0 Å². The van der Waals surface area contributed by atoms with Crippen LogP contribution in [-0.2, 0) is 20.0 Å². The average molecular weight is 311 g/mol. The lowest BCUT2D eigenvalue weighted by atomic mass is 10.2. The van der Waals surface area contributed by atoms with Gasteiger partial charge in [0.25, 0.3) is 0 Å². The maximum Gasteiger partial charge on any atom is 0.176 e. The van der Waals surface area contributed by atoms with E-state index in [1.807, 2.05) is 11.7 Å². The lowest BCUT2D eigenvalue weighted by Crippen LogP contribution is -2.22. The second-order valence-corrected chi connectivity index (χ2v) is 6.95. The molecule has 0 spiro atoms. The molecular formula is C13H21N5S2. The van der Waals surface area contributed by atoms with Crippen LogP contribution in [0.4, 0.5) is 0 Å². The highest BCUT2D eigenvalue weighted by Gasteiger charge is 2.16. The lowest BCUT2D eigenvalue weighted by Gasteiger charge is -2.09. The lowest BCUT2D eigenvalue weighted by molar-refractivity contribution is 0.580. The predicted octanol–water partition coefficient (Wildman–Crippen LogP) is 2.79.